The van der Waals surface area contributed by atoms with Gasteiger partial charge in [-0.3, -0.25) is 0 Å². The van der Waals surface area contributed by atoms with Crippen molar-refractivity contribution in [1.29, 1.82) is 0 Å². The molecule has 0 aliphatic heterocycles. The van der Waals surface area contributed by atoms with Crippen molar-refractivity contribution in [1.82, 2.24) is 0 Å². The van der Waals surface area contributed by atoms with Crippen LogP contribution in [-0.2, 0) is 0 Å². The Balaban J connectivity index is 0. The molecule has 0 aliphatic rings. The van der Waals surface area contributed by atoms with E-state index < -0.39 is 0 Å². The number of ether oxygens (including phenoxy) is 1. The minimum absolute atomic E-state index is 0.850. The third-order valence-corrected chi connectivity index (χ3v) is 2.80. The van der Waals surface area contributed by atoms with Gasteiger partial charge in [-0.2, -0.15) is 0 Å². The first kappa shape index (κ1) is 23.5. The lowest BCUT2D eigenvalue weighted by molar-refractivity contribution is 0.305. The van der Waals surface area contributed by atoms with E-state index in [4.69, 9.17) is 4.74 Å². The van der Waals surface area contributed by atoms with Crippen molar-refractivity contribution in [2.24, 2.45) is 0 Å². The number of unbranched alkanes of at least 4 members (excludes halogenated alkanes) is 3. The van der Waals surface area contributed by atoms with Gasteiger partial charge in [0, 0.05) is 0 Å². The first-order valence-corrected chi connectivity index (χ1v) is 8.74. The predicted molar refractivity (Wildman–Crippen MR) is 106 cm³/mol. The maximum atomic E-state index is 5.61. The molecule has 0 aromatic heterocycles. The lowest BCUT2D eigenvalue weighted by atomic mass is 10.2. The summed E-state index contributed by atoms with van der Waals surface area (Å²) in [5, 5.41) is 0. The highest BCUT2D eigenvalue weighted by Crippen LogP contribution is 2.12. The lowest BCUT2D eigenvalue weighted by Gasteiger charge is -2.05. The van der Waals surface area contributed by atoms with Gasteiger partial charge in [-0.1, -0.05) is 94.7 Å². The Bertz CT molecular complexity index is 412. The zero-order chi connectivity index (χ0) is 17.9. The van der Waals surface area contributed by atoms with E-state index >= 15 is 0 Å². The summed E-state index contributed by atoms with van der Waals surface area (Å²) in [6.07, 6.45) is 10.6. The average molecular weight is 317 g/mol. The van der Waals surface area contributed by atoms with Crippen LogP contribution in [0.4, 0.5) is 0 Å². The van der Waals surface area contributed by atoms with Gasteiger partial charge in [0.25, 0.3) is 0 Å². The molecule has 0 atom stereocenters. The second-order valence-corrected chi connectivity index (χ2v) is 5.16. The number of rotatable bonds is 8. The minimum Gasteiger partial charge on any atom is -0.494 e. The molecular weight excluding hydrogens is 280 g/mol. The number of hydrogen-bond acceptors (Lipinski definition) is 1. The van der Waals surface area contributed by atoms with Gasteiger partial charge >= 0.3 is 0 Å². The Morgan fingerprint density at radius 3 is 2.13 bits per heavy atom. The number of hydrogen-bond donors (Lipinski definition) is 0. The summed E-state index contributed by atoms with van der Waals surface area (Å²) in [6, 6.07) is 8.24. The van der Waals surface area contributed by atoms with E-state index in [0.717, 1.165) is 17.9 Å². The zero-order valence-electron chi connectivity index (χ0n) is 15.9. The van der Waals surface area contributed by atoms with E-state index in [0.29, 0.717) is 0 Å². The fourth-order valence-corrected chi connectivity index (χ4v) is 1.59. The normalized spacial score (nSPS) is 9.26. The van der Waals surface area contributed by atoms with Gasteiger partial charge in [0.1, 0.15) is 5.75 Å². The molecule has 0 spiro atoms. The summed E-state index contributed by atoms with van der Waals surface area (Å²) >= 11 is 0. The second kappa shape index (κ2) is 18.3. The summed E-state index contributed by atoms with van der Waals surface area (Å²) in [6.45, 7) is 18.3. The summed E-state index contributed by atoms with van der Waals surface area (Å²) in [7, 11) is 0. The van der Waals surface area contributed by atoms with Crippen LogP contribution in [0, 0.1) is 6.92 Å². The summed E-state index contributed by atoms with van der Waals surface area (Å²) in [4.78, 5) is 0. The molecule has 1 heteroatoms. The highest BCUT2D eigenvalue weighted by atomic mass is 16.5. The van der Waals surface area contributed by atoms with Crippen LogP contribution in [0.15, 0.2) is 61.2 Å². The zero-order valence-corrected chi connectivity index (χ0v) is 15.9. The average Bonchev–Trinajstić information content (AvgIpc) is 2.57. The second-order valence-electron chi connectivity index (χ2n) is 5.16. The number of aryl methyl sites for hydroxylation is 1. The van der Waals surface area contributed by atoms with E-state index in [2.05, 4.69) is 39.1 Å². The Labute approximate surface area is 144 Å². The maximum Gasteiger partial charge on any atom is 0.119 e. The largest absolute Gasteiger partial charge is 0.494 e. The van der Waals surface area contributed by atoms with Gasteiger partial charge in [0.15, 0.2) is 0 Å². The Morgan fingerprint density at radius 1 is 1.09 bits per heavy atom. The molecule has 1 aromatic carbocycles. The molecule has 0 saturated carbocycles. The van der Waals surface area contributed by atoms with Crippen LogP contribution in [0.3, 0.4) is 0 Å². The van der Waals surface area contributed by atoms with Crippen LogP contribution >= 0.6 is 0 Å². The van der Waals surface area contributed by atoms with Crippen LogP contribution in [0.2, 0.25) is 0 Å². The standard InChI is InChI=1S/C13H20O.C7H10.C2H6/c1-3-4-5-6-11-14-13-9-7-12(2)8-10-13;1-4-5-6-7(2)3;1-2/h7-10H,3-6,11H2,1-2H3;4-6H,1-2H2,3H3;1-2H3/b;6-5-;. The molecule has 1 aromatic rings. The van der Waals surface area contributed by atoms with Crippen LogP contribution in [-0.4, -0.2) is 6.61 Å². The van der Waals surface area contributed by atoms with Crippen molar-refractivity contribution in [2.45, 2.75) is 60.3 Å². The SMILES string of the molecule is C=C/C=C\C(=C)C.CC.CCCCCCOc1ccc(C)cc1. The molecule has 1 nitrogen and oxygen atoms in total. The van der Waals surface area contributed by atoms with Crippen molar-refractivity contribution in [3.8, 4) is 5.75 Å². The van der Waals surface area contributed by atoms with E-state index in [1.807, 2.05) is 45.1 Å². The van der Waals surface area contributed by atoms with Gasteiger partial charge in [-0.25, -0.2) is 0 Å². The molecule has 0 saturated heterocycles. The van der Waals surface area contributed by atoms with E-state index in [1.54, 1.807) is 6.08 Å². The van der Waals surface area contributed by atoms with Gasteiger partial charge < -0.3 is 4.74 Å². The van der Waals surface area contributed by atoms with Crippen LogP contribution < -0.4 is 4.74 Å². The van der Waals surface area contributed by atoms with Gasteiger partial charge in [0.2, 0.25) is 0 Å². The molecule has 23 heavy (non-hydrogen) atoms. The molecule has 0 aliphatic carbocycles. The highest BCUT2D eigenvalue weighted by molar-refractivity contribution is 5.26. The minimum atomic E-state index is 0.850. The Kier molecular flexibility index (Phi) is 18.7. The van der Waals surface area contributed by atoms with E-state index in [9.17, 15) is 0 Å². The first-order valence-electron chi connectivity index (χ1n) is 8.74. The third-order valence-electron chi connectivity index (χ3n) is 2.80. The van der Waals surface area contributed by atoms with E-state index in [1.165, 1.54) is 31.2 Å². The molecule has 0 unspecified atom stereocenters. The molecular formula is C22H36O. The Morgan fingerprint density at radius 2 is 1.70 bits per heavy atom. The first-order chi connectivity index (χ1) is 11.1. The Hall–Kier alpha value is -1.76. The fourth-order valence-electron chi connectivity index (χ4n) is 1.59. The summed E-state index contributed by atoms with van der Waals surface area (Å²) < 4.78 is 5.61. The molecule has 0 N–H and O–H groups in total. The van der Waals surface area contributed by atoms with Crippen molar-refractivity contribution in [3.63, 3.8) is 0 Å². The molecule has 0 heterocycles. The molecule has 0 fully saturated rings. The van der Waals surface area contributed by atoms with Crippen molar-refractivity contribution < 1.29 is 4.74 Å². The molecule has 0 amide bonds. The van der Waals surface area contributed by atoms with Gasteiger partial charge in [0.05, 0.1) is 6.61 Å². The summed E-state index contributed by atoms with van der Waals surface area (Å²) in [5.74, 6) is 0.993. The van der Waals surface area contributed by atoms with Crippen LogP contribution in [0.1, 0.15) is 58.9 Å². The fraction of sp³-hybridized carbons (Fsp3) is 0.455. The third kappa shape index (κ3) is 18.2. The van der Waals surface area contributed by atoms with Crippen LogP contribution in [0.25, 0.3) is 0 Å². The lowest BCUT2D eigenvalue weighted by Crippen LogP contribution is -1.96. The predicted octanol–water partition coefficient (Wildman–Crippen LogP) is 7.29. The smallest absolute Gasteiger partial charge is 0.119 e. The summed E-state index contributed by atoms with van der Waals surface area (Å²) in [5.41, 5.74) is 2.34. The molecule has 0 bridgehead atoms. The van der Waals surface area contributed by atoms with E-state index in [-0.39, 0.29) is 0 Å². The number of allylic oxidation sites excluding steroid dienone is 4. The monoisotopic (exact) mass is 316 g/mol. The highest BCUT2D eigenvalue weighted by Gasteiger charge is 1.92. The number of benzene rings is 1. The molecule has 1 rings (SSSR count). The maximum absolute atomic E-state index is 5.61. The van der Waals surface area contributed by atoms with Gasteiger partial charge in [-0.15, -0.1) is 0 Å². The van der Waals surface area contributed by atoms with Gasteiger partial charge in [-0.05, 0) is 32.4 Å². The van der Waals surface area contributed by atoms with Crippen LogP contribution in [0.5, 0.6) is 5.75 Å². The molecule has 0 radical (unpaired) electrons. The molecule has 130 valence electrons. The topological polar surface area (TPSA) is 9.23 Å². The quantitative estimate of drug-likeness (QED) is 0.361. The van der Waals surface area contributed by atoms with Crippen molar-refractivity contribution in [3.05, 3.63) is 66.8 Å². The van der Waals surface area contributed by atoms with Crippen molar-refractivity contribution >= 4 is 0 Å². The van der Waals surface area contributed by atoms with Crippen molar-refractivity contribution in [2.75, 3.05) is 6.61 Å².